The molecule has 0 N–H and O–H groups in total. The van der Waals surface area contributed by atoms with Crippen molar-refractivity contribution in [3.05, 3.63) is 60.2 Å². The summed E-state index contributed by atoms with van der Waals surface area (Å²) in [4.78, 5) is 31.7. The summed E-state index contributed by atoms with van der Waals surface area (Å²) >= 11 is 1.60. The maximum Gasteiger partial charge on any atom is 0.257 e. The van der Waals surface area contributed by atoms with Crippen LogP contribution in [0.25, 0.3) is 16.2 Å². The monoisotopic (exact) mass is 419 g/mol. The molecular weight excluding hydrogens is 398 g/mol. The van der Waals surface area contributed by atoms with Crippen LogP contribution < -0.4 is 4.90 Å². The third-order valence-electron chi connectivity index (χ3n) is 5.29. The molecule has 0 atom stereocenters. The van der Waals surface area contributed by atoms with Crippen molar-refractivity contribution >= 4 is 32.7 Å². The van der Waals surface area contributed by atoms with Crippen LogP contribution >= 0.6 is 11.3 Å². The average Bonchev–Trinajstić information content (AvgIpc) is 3.43. The van der Waals surface area contributed by atoms with Crippen LogP contribution in [0.3, 0.4) is 0 Å². The Hall–Kier alpha value is -3.33. The Kier molecular flexibility index (Phi) is 4.88. The van der Waals surface area contributed by atoms with Gasteiger partial charge in [-0.15, -0.1) is 0 Å². The first-order valence-electron chi connectivity index (χ1n) is 9.98. The van der Waals surface area contributed by atoms with Gasteiger partial charge in [-0.1, -0.05) is 24.3 Å². The Labute approximate surface area is 177 Å². The van der Waals surface area contributed by atoms with Gasteiger partial charge in [0.25, 0.3) is 5.91 Å². The Morgan fingerprint density at radius 2 is 1.90 bits per heavy atom. The Morgan fingerprint density at radius 1 is 1.07 bits per heavy atom. The van der Waals surface area contributed by atoms with Crippen LogP contribution in [0.5, 0.6) is 0 Å². The molecule has 5 heterocycles. The highest BCUT2D eigenvalue weighted by atomic mass is 32.1. The minimum Gasteiger partial charge on any atom is -0.344 e. The van der Waals surface area contributed by atoms with E-state index in [0.717, 1.165) is 40.1 Å². The number of pyridine rings is 2. The molecule has 30 heavy (non-hydrogen) atoms. The zero-order chi connectivity index (χ0) is 20.5. The largest absolute Gasteiger partial charge is 0.344 e. The van der Waals surface area contributed by atoms with E-state index in [2.05, 4.69) is 25.0 Å². The minimum atomic E-state index is 0.0275. The molecule has 4 aromatic heterocycles. The first-order valence-corrected chi connectivity index (χ1v) is 10.8. The Morgan fingerprint density at radius 3 is 2.63 bits per heavy atom. The molecule has 1 amide bonds. The van der Waals surface area contributed by atoms with E-state index in [9.17, 15) is 4.79 Å². The number of thiazole rings is 1. The molecule has 0 aliphatic carbocycles. The van der Waals surface area contributed by atoms with E-state index in [4.69, 9.17) is 0 Å². The fourth-order valence-corrected chi connectivity index (χ4v) is 4.69. The van der Waals surface area contributed by atoms with Crippen molar-refractivity contribution in [3.63, 3.8) is 0 Å². The summed E-state index contributed by atoms with van der Waals surface area (Å²) in [5.41, 5.74) is 2.46. The van der Waals surface area contributed by atoms with Gasteiger partial charge >= 0.3 is 0 Å². The predicted octanol–water partition coefficient (Wildman–Crippen LogP) is 2.80. The molecule has 0 unspecified atom stereocenters. The molecule has 0 aromatic carbocycles. The van der Waals surface area contributed by atoms with Crippen molar-refractivity contribution < 1.29 is 4.79 Å². The van der Waals surface area contributed by atoms with E-state index >= 15 is 0 Å². The molecule has 0 bridgehead atoms. The molecule has 1 aliphatic heterocycles. The number of nitrogens with zero attached hydrogens (tertiary/aromatic N) is 7. The lowest BCUT2D eigenvalue weighted by atomic mass is 10.1. The van der Waals surface area contributed by atoms with Gasteiger partial charge in [0.2, 0.25) is 0 Å². The second-order valence-electron chi connectivity index (χ2n) is 7.06. The third kappa shape index (κ3) is 3.30. The van der Waals surface area contributed by atoms with E-state index in [0.29, 0.717) is 25.1 Å². The standard InChI is InChI=1S/C21H21N7OS/c1-2-17-15(14-24-28(17)18-7-3-4-8-22-18)20(29)26-10-12-27(13-11-26)21-25-16-6-5-9-23-19(16)30-21/h3-9,14H,2,10-13H2,1H3. The maximum absolute atomic E-state index is 13.2. The highest BCUT2D eigenvalue weighted by Gasteiger charge is 2.27. The number of rotatable bonds is 4. The summed E-state index contributed by atoms with van der Waals surface area (Å²) in [7, 11) is 0. The van der Waals surface area contributed by atoms with Gasteiger partial charge in [0.05, 0.1) is 17.5 Å². The molecule has 8 nitrogen and oxygen atoms in total. The topological polar surface area (TPSA) is 80.0 Å². The summed E-state index contributed by atoms with van der Waals surface area (Å²) < 4.78 is 1.76. The predicted molar refractivity (Wildman–Crippen MR) is 116 cm³/mol. The van der Waals surface area contributed by atoms with Crippen LogP contribution in [-0.4, -0.2) is 61.7 Å². The molecule has 0 radical (unpaired) electrons. The lowest BCUT2D eigenvalue weighted by Gasteiger charge is -2.34. The number of hydrogen-bond donors (Lipinski definition) is 0. The molecule has 5 rings (SSSR count). The molecule has 1 fully saturated rings. The number of hydrogen-bond acceptors (Lipinski definition) is 7. The van der Waals surface area contributed by atoms with Gasteiger partial charge in [-0.2, -0.15) is 5.10 Å². The van der Waals surface area contributed by atoms with E-state index in [1.54, 1.807) is 34.6 Å². The van der Waals surface area contributed by atoms with Crippen molar-refractivity contribution in [1.82, 2.24) is 29.6 Å². The number of carbonyl (C=O) groups excluding carboxylic acids is 1. The van der Waals surface area contributed by atoms with Gasteiger partial charge in [0.1, 0.15) is 10.3 Å². The Balaban J connectivity index is 1.32. The fraction of sp³-hybridized carbons (Fsp3) is 0.286. The highest BCUT2D eigenvalue weighted by molar-refractivity contribution is 7.21. The summed E-state index contributed by atoms with van der Waals surface area (Å²) in [5, 5.41) is 5.41. The van der Waals surface area contributed by atoms with Crippen molar-refractivity contribution in [2.24, 2.45) is 0 Å². The molecular formula is C21H21N7OS. The summed E-state index contributed by atoms with van der Waals surface area (Å²) in [6.45, 7) is 4.84. The van der Waals surface area contributed by atoms with E-state index in [1.807, 2.05) is 42.2 Å². The molecule has 0 saturated carbocycles. The second-order valence-corrected chi connectivity index (χ2v) is 8.02. The van der Waals surface area contributed by atoms with E-state index < -0.39 is 0 Å². The van der Waals surface area contributed by atoms with Gasteiger partial charge in [-0.05, 0) is 30.7 Å². The number of aromatic nitrogens is 5. The lowest BCUT2D eigenvalue weighted by molar-refractivity contribution is 0.0745. The van der Waals surface area contributed by atoms with Crippen LogP contribution in [-0.2, 0) is 6.42 Å². The lowest BCUT2D eigenvalue weighted by Crippen LogP contribution is -2.48. The molecule has 0 spiro atoms. The first kappa shape index (κ1) is 18.7. The van der Waals surface area contributed by atoms with Crippen LogP contribution in [0.15, 0.2) is 48.9 Å². The quantitative estimate of drug-likeness (QED) is 0.506. The number of anilines is 1. The van der Waals surface area contributed by atoms with Gasteiger partial charge < -0.3 is 9.80 Å². The summed E-state index contributed by atoms with van der Waals surface area (Å²) in [6, 6.07) is 9.56. The molecule has 1 aliphatic rings. The maximum atomic E-state index is 13.2. The third-order valence-corrected chi connectivity index (χ3v) is 6.33. The van der Waals surface area contributed by atoms with Crippen molar-refractivity contribution in [2.75, 3.05) is 31.1 Å². The second kappa shape index (κ2) is 7.83. The van der Waals surface area contributed by atoms with Gasteiger partial charge in [-0.3, -0.25) is 4.79 Å². The highest BCUT2D eigenvalue weighted by Crippen LogP contribution is 2.28. The first-order chi connectivity index (χ1) is 14.7. The van der Waals surface area contributed by atoms with E-state index in [-0.39, 0.29) is 5.91 Å². The molecule has 152 valence electrons. The Bertz CT molecular complexity index is 1150. The molecule has 1 saturated heterocycles. The van der Waals surface area contributed by atoms with Crippen LogP contribution in [0.1, 0.15) is 23.0 Å². The van der Waals surface area contributed by atoms with Crippen LogP contribution in [0, 0.1) is 0 Å². The average molecular weight is 420 g/mol. The fourth-order valence-electron chi connectivity index (χ4n) is 3.73. The zero-order valence-electron chi connectivity index (χ0n) is 16.6. The normalized spacial score (nSPS) is 14.4. The summed E-state index contributed by atoms with van der Waals surface area (Å²) in [6.07, 6.45) is 5.89. The van der Waals surface area contributed by atoms with Gasteiger partial charge in [-0.25, -0.2) is 19.6 Å². The van der Waals surface area contributed by atoms with Crippen LogP contribution in [0.2, 0.25) is 0 Å². The number of amides is 1. The van der Waals surface area contributed by atoms with Gasteiger partial charge in [0, 0.05) is 38.6 Å². The minimum absolute atomic E-state index is 0.0275. The number of carbonyl (C=O) groups is 1. The van der Waals surface area contributed by atoms with Gasteiger partial charge in [0.15, 0.2) is 10.9 Å². The van der Waals surface area contributed by atoms with Crippen molar-refractivity contribution in [2.45, 2.75) is 13.3 Å². The van der Waals surface area contributed by atoms with Crippen LogP contribution in [0.4, 0.5) is 5.13 Å². The smallest absolute Gasteiger partial charge is 0.257 e. The summed E-state index contributed by atoms with van der Waals surface area (Å²) in [5.74, 6) is 0.752. The van der Waals surface area contributed by atoms with Crippen molar-refractivity contribution in [3.8, 4) is 5.82 Å². The SMILES string of the molecule is CCc1c(C(=O)N2CCN(c3nc4cccnc4s3)CC2)cnn1-c1ccccn1. The molecule has 4 aromatic rings. The number of fused-ring (bicyclic) bond motifs is 1. The van der Waals surface area contributed by atoms with E-state index in [1.165, 1.54) is 0 Å². The zero-order valence-corrected chi connectivity index (χ0v) is 17.4. The number of piperazine rings is 1. The molecule has 9 heteroatoms. The van der Waals surface area contributed by atoms with Crippen molar-refractivity contribution in [1.29, 1.82) is 0 Å².